The van der Waals surface area contributed by atoms with E-state index < -0.39 is 41.2 Å². The molecule has 148 valence electrons. The third-order valence-electron chi connectivity index (χ3n) is 3.36. The Morgan fingerprint density at radius 3 is 2.19 bits per heavy atom. The second kappa shape index (κ2) is 8.24. The van der Waals surface area contributed by atoms with E-state index in [4.69, 9.17) is 4.74 Å². The maximum absolute atomic E-state index is 13.0. The SMILES string of the molecule is COC(=O)/C=C/c1cc(C(F)(F)F)ccc1[C@H](OC(=O)C(C)(C)C)C(=O)O. The highest BCUT2D eigenvalue weighted by molar-refractivity contribution is 5.88. The van der Waals surface area contributed by atoms with Crippen molar-refractivity contribution in [2.75, 3.05) is 7.11 Å². The number of esters is 2. The van der Waals surface area contributed by atoms with E-state index in [0.29, 0.717) is 12.1 Å². The zero-order valence-electron chi connectivity index (χ0n) is 15.1. The number of carboxylic acid groups (broad SMARTS) is 1. The fraction of sp³-hybridized carbons (Fsp3) is 0.389. The van der Waals surface area contributed by atoms with Crippen molar-refractivity contribution in [1.29, 1.82) is 0 Å². The third kappa shape index (κ3) is 6.12. The Morgan fingerprint density at radius 2 is 1.74 bits per heavy atom. The summed E-state index contributed by atoms with van der Waals surface area (Å²) in [5.41, 5.74) is -2.54. The topological polar surface area (TPSA) is 89.9 Å². The van der Waals surface area contributed by atoms with Crippen LogP contribution in [-0.4, -0.2) is 30.1 Å². The summed E-state index contributed by atoms with van der Waals surface area (Å²) in [5.74, 6) is -3.27. The molecule has 1 atom stereocenters. The second-order valence-electron chi connectivity index (χ2n) is 6.57. The second-order valence-corrected chi connectivity index (χ2v) is 6.57. The molecule has 0 radical (unpaired) electrons. The summed E-state index contributed by atoms with van der Waals surface area (Å²) in [6.45, 7) is 4.50. The summed E-state index contributed by atoms with van der Waals surface area (Å²) in [6.07, 6.45) is -4.73. The summed E-state index contributed by atoms with van der Waals surface area (Å²) >= 11 is 0. The van der Waals surface area contributed by atoms with E-state index in [-0.39, 0.29) is 11.1 Å². The number of hydrogen-bond acceptors (Lipinski definition) is 5. The van der Waals surface area contributed by atoms with E-state index in [9.17, 15) is 32.7 Å². The number of alkyl halides is 3. The number of rotatable bonds is 5. The maximum Gasteiger partial charge on any atom is 0.416 e. The van der Waals surface area contributed by atoms with Crippen molar-refractivity contribution in [3.05, 3.63) is 41.0 Å². The highest BCUT2D eigenvalue weighted by Gasteiger charge is 2.35. The van der Waals surface area contributed by atoms with Gasteiger partial charge in [0.15, 0.2) is 0 Å². The smallest absolute Gasteiger partial charge is 0.416 e. The van der Waals surface area contributed by atoms with E-state index in [0.717, 1.165) is 25.3 Å². The van der Waals surface area contributed by atoms with Gasteiger partial charge in [-0.2, -0.15) is 13.2 Å². The van der Waals surface area contributed by atoms with Crippen molar-refractivity contribution in [2.24, 2.45) is 5.41 Å². The van der Waals surface area contributed by atoms with Crippen LogP contribution >= 0.6 is 0 Å². The molecular weight excluding hydrogens is 369 g/mol. The molecule has 1 aromatic rings. The van der Waals surface area contributed by atoms with Crippen molar-refractivity contribution in [2.45, 2.75) is 33.1 Å². The van der Waals surface area contributed by atoms with Crippen molar-refractivity contribution in [3.8, 4) is 0 Å². The van der Waals surface area contributed by atoms with Crippen LogP contribution in [0, 0.1) is 5.41 Å². The number of aliphatic carboxylic acids is 1. The van der Waals surface area contributed by atoms with Crippen molar-refractivity contribution >= 4 is 24.0 Å². The lowest BCUT2D eigenvalue weighted by Gasteiger charge is -2.22. The lowest BCUT2D eigenvalue weighted by atomic mass is 9.96. The predicted octanol–water partition coefficient (Wildman–Crippen LogP) is 3.61. The molecule has 0 amide bonds. The minimum Gasteiger partial charge on any atom is -0.478 e. The predicted molar refractivity (Wildman–Crippen MR) is 88.4 cm³/mol. The molecule has 0 aliphatic rings. The molecule has 0 heterocycles. The molecule has 0 bridgehead atoms. The van der Waals surface area contributed by atoms with E-state index >= 15 is 0 Å². The van der Waals surface area contributed by atoms with E-state index in [1.165, 1.54) is 20.8 Å². The van der Waals surface area contributed by atoms with Gasteiger partial charge in [0, 0.05) is 11.6 Å². The van der Waals surface area contributed by atoms with Gasteiger partial charge in [-0.25, -0.2) is 9.59 Å². The molecule has 0 fully saturated rings. The lowest BCUT2D eigenvalue weighted by molar-refractivity contribution is -0.170. The zero-order valence-corrected chi connectivity index (χ0v) is 15.1. The minimum absolute atomic E-state index is 0.215. The number of carbonyl (C=O) groups excluding carboxylic acids is 2. The number of methoxy groups -OCH3 is 1. The molecular formula is C18H19F3O6. The third-order valence-corrected chi connectivity index (χ3v) is 3.36. The number of carbonyl (C=O) groups is 3. The Balaban J connectivity index is 3.48. The Kier molecular flexibility index (Phi) is 6.77. The molecule has 0 spiro atoms. The van der Waals surface area contributed by atoms with Crippen LogP contribution in [0.1, 0.15) is 43.6 Å². The van der Waals surface area contributed by atoms with E-state index in [2.05, 4.69) is 4.74 Å². The summed E-state index contributed by atoms with van der Waals surface area (Å²) in [4.78, 5) is 34.9. The quantitative estimate of drug-likeness (QED) is 0.612. The molecule has 1 N–H and O–H groups in total. The lowest BCUT2D eigenvalue weighted by Crippen LogP contribution is -2.28. The van der Waals surface area contributed by atoms with Crippen molar-refractivity contribution < 1.29 is 42.1 Å². The Bertz CT molecular complexity index is 759. The minimum atomic E-state index is -4.69. The van der Waals surface area contributed by atoms with Gasteiger partial charge in [-0.05, 0) is 44.5 Å². The highest BCUT2D eigenvalue weighted by Crippen LogP contribution is 2.34. The van der Waals surface area contributed by atoms with Crippen LogP contribution in [-0.2, 0) is 30.0 Å². The monoisotopic (exact) mass is 388 g/mol. The number of ether oxygens (including phenoxy) is 2. The molecule has 27 heavy (non-hydrogen) atoms. The van der Waals surface area contributed by atoms with Gasteiger partial charge < -0.3 is 14.6 Å². The largest absolute Gasteiger partial charge is 0.478 e. The first-order valence-electron chi connectivity index (χ1n) is 7.68. The fourth-order valence-corrected chi connectivity index (χ4v) is 1.89. The molecule has 9 heteroatoms. The molecule has 0 saturated heterocycles. The number of halogens is 3. The first kappa shape index (κ1) is 22.2. The normalized spacial score (nSPS) is 13.3. The highest BCUT2D eigenvalue weighted by atomic mass is 19.4. The number of carboxylic acids is 1. The summed E-state index contributed by atoms with van der Waals surface area (Å²) in [5, 5.41) is 9.40. The van der Waals surface area contributed by atoms with Crippen LogP contribution in [0.3, 0.4) is 0 Å². The van der Waals surface area contributed by atoms with Gasteiger partial charge in [-0.3, -0.25) is 4.79 Å². The van der Waals surface area contributed by atoms with Crippen LogP contribution < -0.4 is 0 Å². The Morgan fingerprint density at radius 1 is 1.15 bits per heavy atom. The molecule has 0 unspecified atom stereocenters. The van der Waals surface area contributed by atoms with Gasteiger partial charge in [-0.15, -0.1) is 0 Å². The maximum atomic E-state index is 13.0. The summed E-state index contributed by atoms with van der Waals surface area (Å²) < 4.78 is 48.3. The average molecular weight is 388 g/mol. The van der Waals surface area contributed by atoms with Gasteiger partial charge in [0.25, 0.3) is 0 Å². The van der Waals surface area contributed by atoms with Gasteiger partial charge in [-0.1, -0.05) is 6.07 Å². The van der Waals surface area contributed by atoms with E-state index in [1.807, 2.05) is 0 Å². The van der Waals surface area contributed by atoms with Gasteiger partial charge in [0.05, 0.1) is 18.1 Å². The average Bonchev–Trinajstić information content (AvgIpc) is 2.55. The molecule has 1 rings (SSSR count). The van der Waals surface area contributed by atoms with Crippen LogP contribution in [0.4, 0.5) is 13.2 Å². The van der Waals surface area contributed by atoms with Gasteiger partial charge in [0.2, 0.25) is 6.10 Å². The number of hydrogen-bond donors (Lipinski definition) is 1. The Hall–Kier alpha value is -2.84. The molecule has 1 aromatic carbocycles. The molecule has 6 nitrogen and oxygen atoms in total. The first-order valence-corrected chi connectivity index (χ1v) is 7.68. The van der Waals surface area contributed by atoms with Gasteiger partial charge in [0.1, 0.15) is 0 Å². The summed E-state index contributed by atoms with van der Waals surface area (Å²) in [7, 11) is 1.07. The van der Waals surface area contributed by atoms with Crippen LogP contribution in [0.15, 0.2) is 24.3 Å². The summed E-state index contributed by atoms with van der Waals surface area (Å²) in [6, 6.07) is 2.23. The fourth-order valence-electron chi connectivity index (χ4n) is 1.89. The number of benzene rings is 1. The van der Waals surface area contributed by atoms with Crippen molar-refractivity contribution in [1.82, 2.24) is 0 Å². The molecule has 0 aromatic heterocycles. The first-order chi connectivity index (χ1) is 12.3. The van der Waals surface area contributed by atoms with Gasteiger partial charge >= 0.3 is 24.1 Å². The zero-order chi connectivity index (χ0) is 21.0. The van der Waals surface area contributed by atoms with Crippen LogP contribution in [0.5, 0.6) is 0 Å². The molecule has 0 aliphatic heterocycles. The Labute approximate surface area is 153 Å². The van der Waals surface area contributed by atoms with Crippen LogP contribution in [0.25, 0.3) is 6.08 Å². The molecule has 0 saturated carbocycles. The van der Waals surface area contributed by atoms with Crippen LogP contribution in [0.2, 0.25) is 0 Å². The van der Waals surface area contributed by atoms with Crippen molar-refractivity contribution in [3.63, 3.8) is 0 Å². The van der Waals surface area contributed by atoms with E-state index in [1.54, 1.807) is 0 Å². The molecule has 0 aliphatic carbocycles. The standard InChI is InChI=1S/C18H19F3O6/c1-17(2,3)16(25)27-14(15(23)24)12-7-6-11(18(19,20)21)9-10(12)5-8-13(22)26-4/h5-9,14H,1-4H3,(H,23,24)/b8-5+/t14-/m0/s1.